The molecule has 3 heteroatoms. The second kappa shape index (κ2) is 4.38. The summed E-state index contributed by atoms with van der Waals surface area (Å²) in [5.74, 6) is 0.624. The summed E-state index contributed by atoms with van der Waals surface area (Å²) in [4.78, 5) is 9.86. The molecule has 0 saturated carbocycles. The molecule has 0 bridgehead atoms. The predicted molar refractivity (Wildman–Crippen MR) is 43.4 cm³/mol. The minimum Gasteiger partial charge on any atom is -0.455 e. The molecule has 0 aliphatic rings. The van der Waals surface area contributed by atoms with Gasteiger partial charge in [-0.25, -0.2) is 0 Å². The third kappa shape index (κ3) is 2.62. The predicted octanol–water partition coefficient (Wildman–Crippen LogP) is 1.40. The van der Waals surface area contributed by atoms with E-state index in [0.717, 1.165) is 0 Å². The molecule has 0 heterocycles. The van der Waals surface area contributed by atoms with Gasteiger partial charge in [0.2, 0.25) is 6.29 Å². The smallest absolute Gasteiger partial charge is 0.296 e. The minimum atomic E-state index is -0.787. The molecule has 1 rings (SSSR count). The summed E-state index contributed by atoms with van der Waals surface area (Å²) in [6.45, 7) is 3.75. The zero-order chi connectivity index (χ0) is 8.81. The third-order valence-corrected chi connectivity index (χ3v) is 1.22. The van der Waals surface area contributed by atoms with Crippen LogP contribution in [0.5, 0.6) is 5.75 Å². The van der Waals surface area contributed by atoms with Gasteiger partial charge in [0.25, 0.3) is 6.47 Å². The molecule has 0 saturated heterocycles. The SMILES string of the molecule is [CH2]C(OC=O)Oc1ccccc1. The highest BCUT2D eigenvalue weighted by atomic mass is 16.7. The number of benzene rings is 1. The molecule has 0 fully saturated rings. The van der Waals surface area contributed by atoms with Crippen LogP contribution in [-0.2, 0) is 9.53 Å². The Morgan fingerprint density at radius 1 is 1.33 bits per heavy atom. The molecule has 0 aliphatic heterocycles. The summed E-state index contributed by atoms with van der Waals surface area (Å²) in [5.41, 5.74) is 0. The van der Waals surface area contributed by atoms with E-state index < -0.39 is 6.29 Å². The number of ether oxygens (including phenoxy) is 2. The van der Waals surface area contributed by atoms with Crippen molar-refractivity contribution in [2.24, 2.45) is 0 Å². The highest BCUT2D eigenvalue weighted by Crippen LogP contribution is 2.10. The van der Waals surface area contributed by atoms with Crippen molar-refractivity contribution < 1.29 is 14.3 Å². The summed E-state index contributed by atoms with van der Waals surface area (Å²) in [7, 11) is 0. The zero-order valence-electron chi connectivity index (χ0n) is 6.47. The number of hydrogen-bond donors (Lipinski definition) is 0. The molecule has 12 heavy (non-hydrogen) atoms. The maximum Gasteiger partial charge on any atom is 0.296 e. The number of carbonyl (C=O) groups is 1. The van der Waals surface area contributed by atoms with E-state index in [0.29, 0.717) is 12.2 Å². The number of carbonyl (C=O) groups excluding carboxylic acids is 1. The van der Waals surface area contributed by atoms with Crippen LogP contribution in [0, 0.1) is 6.92 Å². The third-order valence-electron chi connectivity index (χ3n) is 1.22. The van der Waals surface area contributed by atoms with Crippen molar-refractivity contribution in [3.8, 4) is 5.75 Å². The summed E-state index contributed by atoms with van der Waals surface area (Å²) in [6.07, 6.45) is -0.787. The fraction of sp³-hybridized carbons (Fsp3) is 0.111. The highest BCUT2D eigenvalue weighted by Gasteiger charge is 2.01. The van der Waals surface area contributed by atoms with E-state index in [1.54, 1.807) is 12.1 Å². The average Bonchev–Trinajstić information content (AvgIpc) is 2.06. The first-order valence-corrected chi connectivity index (χ1v) is 3.47. The maximum absolute atomic E-state index is 9.86. The van der Waals surface area contributed by atoms with Crippen LogP contribution in [0.15, 0.2) is 30.3 Å². The van der Waals surface area contributed by atoms with Gasteiger partial charge in [0.05, 0.1) is 0 Å². The number of hydrogen-bond acceptors (Lipinski definition) is 3. The molecular weight excluding hydrogens is 156 g/mol. The van der Waals surface area contributed by atoms with Gasteiger partial charge in [0, 0.05) is 6.92 Å². The lowest BCUT2D eigenvalue weighted by Crippen LogP contribution is -2.15. The standard InChI is InChI=1S/C9H9O3/c1-8(11-7-10)12-9-5-3-2-4-6-9/h2-8H,1H2. The van der Waals surface area contributed by atoms with E-state index in [9.17, 15) is 4.79 Å². The van der Waals surface area contributed by atoms with Crippen LogP contribution < -0.4 is 4.74 Å². The Morgan fingerprint density at radius 3 is 2.58 bits per heavy atom. The molecule has 0 aliphatic carbocycles. The van der Waals surface area contributed by atoms with Crippen LogP contribution in [0.25, 0.3) is 0 Å². The molecule has 0 N–H and O–H groups in total. The maximum atomic E-state index is 9.86. The monoisotopic (exact) mass is 165 g/mol. The first kappa shape index (κ1) is 8.59. The Balaban J connectivity index is 2.46. The van der Waals surface area contributed by atoms with Crippen molar-refractivity contribution in [2.75, 3.05) is 0 Å². The van der Waals surface area contributed by atoms with E-state index in [-0.39, 0.29) is 0 Å². The first-order chi connectivity index (χ1) is 5.83. The Bertz CT molecular complexity index is 233. The van der Waals surface area contributed by atoms with Crippen LogP contribution in [0.3, 0.4) is 0 Å². The van der Waals surface area contributed by atoms with Crippen molar-refractivity contribution in [1.29, 1.82) is 0 Å². The molecule has 1 radical (unpaired) electrons. The molecule has 1 aromatic carbocycles. The molecule has 1 atom stereocenters. The Kier molecular flexibility index (Phi) is 3.14. The van der Waals surface area contributed by atoms with Crippen molar-refractivity contribution >= 4 is 6.47 Å². The van der Waals surface area contributed by atoms with Gasteiger partial charge in [0.1, 0.15) is 5.75 Å². The first-order valence-electron chi connectivity index (χ1n) is 3.47. The van der Waals surface area contributed by atoms with E-state index in [4.69, 9.17) is 4.74 Å². The average molecular weight is 165 g/mol. The summed E-state index contributed by atoms with van der Waals surface area (Å²) >= 11 is 0. The number of rotatable bonds is 4. The molecule has 0 spiro atoms. The topological polar surface area (TPSA) is 35.5 Å². The molecule has 63 valence electrons. The van der Waals surface area contributed by atoms with E-state index >= 15 is 0 Å². The van der Waals surface area contributed by atoms with Gasteiger partial charge < -0.3 is 9.47 Å². The molecule has 0 amide bonds. The zero-order valence-corrected chi connectivity index (χ0v) is 6.47. The lowest BCUT2D eigenvalue weighted by Gasteiger charge is -2.11. The Hall–Kier alpha value is -1.51. The molecule has 3 nitrogen and oxygen atoms in total. The lowest BCUT2D eigenvalue weighted by atomic mass is 10.3. The van der Waals surface area contributed by atoms with Crippen LogP contribution >= 0.6 is 0 Å². The number of para-hydroxylation sites is 1. The summed E-state index contributed by atoms with van der Waals surface area (Å²) in [5, 5.41) is 0. The van der Waals surface area contributed by atoms with Crippen LogP contribution in [-0.4, -0.2) is 12.8 Å². The van der Waals surface area contributed by atoms with Crippen LogP contribution in [0.4, 0.5) is 0 Å². The van der Waals surface area contributed by atoms with E-state index in [2.05, 4.69) is 11.7 Å². The fourth-order valence-corrected chi connectivity index (χ4v) is 0.741. The van der Waals surface area contributed by atoms with Crippen LogP contribution in [0.1, 0.15) is 0 Å². The van der Waals surface area contributed by atoms with Crippen molar-refractivity contribution in [3.05, 3.63) is 37.3 Å². The summed E-state index contributed by atoms with van der Waals surface area (Å²) < 4.78 is 9.52. The van der Waals surface area contributed by atoms with Crippen molar-refractivity contribution in [3.63, 3.8) is 0 Å². The fourth-order valence-electron chi connectivity index (χ4n) is 0.741. The van der Waals surface area contributed by atoms with Crippen molar-refractivity contribution in [1.82, 2.24) is 0 Å². The van der Waals surface area contributed by atoms with Gasteiger partial charge in [0.15, 0.2) is 0 Å². The van der Waals surface area contributed by atoms with Gasteiger partial charge >= 0.3 is 0 Å². The Labute approximate surface area is 70.9 Å². The molecule has 1 unspecified atom stereocenters. The largest absolute Gasteiger partial charge is 0.455 e. The van der Waals surface area contributed by atoms with E-state index in [1.165, 1.54) is 0 Å². The van der Waals surface area contributed by atoms with Gasteiger partial charge in [-0.2, -0.15) is 0 Å². The Morgan fingerprint density at radius 2 is 2.00 bits per heavy atom. The molecular formula is C9H9O3. The molecule has 0 aromatic heterocycles. The minimum absolute atomic E-state index is 0.306. The van der Waals surface area contributed by atoms with Crippen LogP contribution in [0.2, 0.25) is 0 Å². The van der Waals surface area contributed by atoms with Gasteiger partial charge in [-0.05, 0) is 12.1 Å². The van der Waals surface area contributed by atoms with Gasteiger partial charge in [-0.15, -0.1) is 0 Å². The molecule has 1 aromatic rings. The summed E-state index contributed by atoms with van der Waals surface area (Å²) in [6, 6.07) is 9.02. The normalized spacial score (nSPS) is 11.8. The second-order valence-corrected chi connectivity index (χ2v) is 2.09. The van der Waals surface area contributed by atoms with Gasteiger partial charge in [-0.3, -0.25) is 4.79 Å². The lowest BCUT2D eigenvalue weighted by molar-refractivity contribution is -0.142. The quantitative estimate of drug-likeness (QED) is 0.499. The van der Waals surface area contributed by atoms with Crippen molar-refractivity contribution in [2.45, 2.75) is 6.29 Å². The second-order valence-electron chi connectivity index (χ2n) is 2.09. The van der Waals surface area contributed by atoms with Gasteiger partial charge in [-0.1, -0.05) is 18.2 Å². The van der Waals surface area contributed by atoms with E-state index in [1.807, 2.05) is 18.2 Å². The highest BCUT2D eigenvalue weighted by molar-refractivity contribution is 5.37.